The van der Waals surface area contributed by atoms with Crippen LogP contribution in [0.3, 0.4) is 0 Å². The zero-order chi connectivity index (χ0) is 10.9. The van der Waals surface area contributed by atoms with E-state index in [1.807, 2.05) is 12.1 Å². The summed E-state index contributed by atoms with van der Waals surface area (Å²) in [5, 5.41) is 9.55. The molecule has 0 spiro atoms. The second kappa shape index (κ2) is 4.42. The number of rotatable bonds is 5. The average molecular weight is 246 g/mol. The van der Waals surface area contributed by atoms with Gasteiger partial charge in [-0.15, -0.1) is 11.3 Å². The van der Waals surface area contributed by atoms with E-state index in [4.69, 9.17) is 17.3 Å². The predicted octanol–water partition coefficient (Wildman–Crippen LogP) is 2.29. The van der Waals surface area contributed by atoms with Crippen LogP contribution in [0.5, 0.6) is 0 Å². The van der Waals surface area contributed by atoms with Crippen LogP contribution >= 0.6 is 22.9 Å². The van der Waals surface area contributed by atoms with Crippen LogP contribution in [-0.2, 0) is 6.42 Å². The van der Waals surface area contributed by atoms with Crippen molar-refractivity contribution in [3.63, 3.8) is 0 Å². The minimum Gasteiger partial charge on any atom is -0.396 e. The number of hydrogen-bond acceptors (Lipinski definition) is 3. The number of nitrogens with two attached hydrogens (primary N) is 1. The molecule has 0 aromatic carbocycles. The Kier molecular flexibility index (Phi) is 3.36. The third-order valence-corrected chi connectivity index (χ3v) is 4.55. The molecule has 84 valence electrons. The second-order valence-corrected chi connectivity index (χ2v) is 6.18. The Hall–Kier alpha value is -0.0900. The van der Waals surface area contributed by atoms with Gasteiger partial charge in [0.05, 0.1) is 10.9 Å². The van der Waals surface area contributed by atoms with E-state index in [0.717, 1.165) is 10.8 Å². The fraction of sp³-hybridized carbons (Fsp3) is 0.636. The summed E-state index contributed by atoms with van der Waals surface area (Å²) in [6.45, 7) is 0.743. The van der Waals surface area contributed by atoms with Crippen molar-refractivity contribution in [1.82, 2.24) is 0 Å². The second-order valence-electron chi connectivity index (χ2n) is 4.38. The Morgan fingerprint density at radius 2 is 2.27 bits per heavy atom. The molecular formula is C11H16ClNOS. The Morgan fingerprint density at radius 1 is 1.53 bits per heavy atom. The predicted molar refractivity (Wildman–Crippen MR) is 64.3 cm³/mol. The van der Waals surface area contributed by atoms with Crippen LogP contribution in [-0.4, -0.2) is 18.3 Å². The lowest BCUT2D eigenvalue weighted by atomic mass is 9.80. The van der Waals surface area contributed by atoms with Gasteiger partial charge in [-0.2, -0.15) is 0 Å². The van der Waals surface area contributed by atoms with Crippen molar-refractivity contribution in [2.75, 3.05) is 13.2 Å². The summed E-state index contributed by atoms with van der Waals surface area (Å²) in [7, 11) is 0. The molecule has 3 N–H and O–H groups in total. The largest absolute Gasteiger partial charge is 0.396 e. The van der Waals surface area contributed by atoms with Crippen molar-refractivity contribution >= 4 is 22.9 Å². The van der Waals surface area contributed by atoms with Gasteiger partial charge in [0.25, 0.3) is 0 Å². The number of aliphatic hydroxyl groups is 1. The van der Waals surface area contributed by atoms with E-state index in [1.54, 1.807) is 11.3 Å². The highest BCUT2D eigenvalue weighted by molar-refractivity contribution is 7.16. The van der Waals surface area contributed by atoms with Gasteiger partial charge in [-0.25, -0.2) is 0 Å². The van der Waals surface area contributed by atoms with Gasteiger partial charge in [0, 0.05) is 16.8 Å². The molecule has 1 aromatic rings. The van der Waals surface area contributed by atoms with Crippen molar-refractivity contribution < 1.29 is 5.11 Å². The van der Waals surface area contributed by atoms with Gasteiger partial charge in [0.15, 0.2) is 0 Å². The molecule has 0 bridgehead atoms. The number of halogens is 1. The van der Waals surface area contributed by atoms with Crippen molar-refractivity contribution in [3.8, 4) is 0 Å². The molecular weight excluding hydrogens is 230 g/mol. The van der Waals surface area contributed by atoms with Crippen LogP contribution in [0, 0.1) is 11.3 Å². The number of aliphatic hydroxyl groups excluding tert-OH is 1. The minimum atomic E-state index is -0.103. The lowest BCUT2D eigenvalue weighted by molar-refractivity contribution is 0.110. The third-order valence-electron chi connectivity index (χ3n) is 3.32. The number of thiophene rings is 1. The molecule has 1 aromatic heterocycles. The molecule has 1 heterocycles. The van der Waals surface area contributed by atoms with Crippen molar-refractivity contribution in [2.24, 2.45) is 17.1 Å². The van der Waals surface area contributed by atoms with Gasteiger partial charge in [-0.3, -0.25) is 0 Å². The van der Waals surface area contributed by atoms with Gasteiger partial charge in [-0.1, -0.05) is 11.6 Å². The van der Waals surface area contributed by atoms with E-state index in [9.17, 15) is 5.11 Å². The van der Waals surface area contributed by atoms with Crippen molar-refractivity contribution in [3.05, 3.63) is 21.3 Å². The van der Waals surface area contributed by atoms with Crippen LogP contribution in [0.1, 0.15) is 17.7 Å². The van der Waals surface area contributed by atoms with E-state index < -0.39 is 0 Å². The molecule has 15 heavy (non-hydrogen) atoms. The summed E-state index contributed by atoms with van der Waals surface area (Å²) in [5.74, 6) is 0.605. The fourth-order valence-electron chi connectivity index (χ4n) is 2.12. The maximum Gasteiger partial charge on any atom is 0.0931 e. The third kappa shape index (κ3) is 2.36. The van der Waals surface area contributed by atoms with Gasteiger partial charge in [0.1, 0.15) is 0 Å². The molecule has 2 rings (SSSR count). The number of hydrogen-bond donors (Lipinski definition) is 2. The molecule has 0 radical (unpaired) electrons. The first kappa shape index (κ1) is 11.4. The Morgan fingerprint density at radius 3 is 2.67 bits per heavy atom. The van der Waals surface area contributed by atoms with E-state index in [0.29, 0.717) is 12.5 Å². The summed E-state index contributed by atoms with van der Waals surface area (Å²) in [5.41, 5.74) is 5.72. The van der Waals surface area contributed by atoms with Gasteiger partial charge in [-0.05, 0) is 37.3 Å². The summed E-state index contributed by atoms with van der Waals surface area (Å²) in [6.07, 6.45) is 3.27. The van der Waals surface area contributed by atoms with Gasteiger partial charge < -0.3 is 10.8 Å². The first-order chi connectivity index (χ1) is 7.20. The quantitative estimate of drug-likeness (QED) is 0.836. The normalized spacial score (nSPS) is 20.2. The molecule has 1 unspecified atom stereocenters. The molecule has 0 amide bonds. The van der Waals surface area contributed by atoms with E-state index >= 15 is 0 Å². The lowest BCUT2D eigenvalue weighted by Crippen LogP contribution is -2.38. The average Bonchev–Trinajstić information content (AvgIpc) is 3.01. The molecule has 1 aliphatic carbocycles. The molecule has 0 aliphatic heterocycles. The van der Waals surface area contributed by atoms with Crippen LogP contribution in [0.2, 0.25) is 4.34 Å². The summed E-state index contributed by atoms with van der Waals surface area (Å²) in [6, 6.07) is 3.95. The monoisotopic (exact) mass is 245 g/mol. The maximum atomic E-state index is 9.55. The maximum absolute atomic E-state index is 9.55. The van der Waals surface area contributed by atoms with Crippen LogP contribution in [0.15, 0.2) is 12.1 Å². The topological polar surface area (TPSA) is 46.2 Å². The van der Waals surface area contributed by atoms with Crippen molar-refractivity contribution in [2.45, 2.75) is 19.3 Å². The Bertz CT molecular complexity index is 331. The van der Waals surface area contributed by atoms with Crippen LogP contribution in [0.4, 0.5) is 0 Å². The van der Waals surface area contributed by atoms with E-state index in [1.165, 1.54) is 17.7 Å². The molecule has 1 fully saturated rings. The zero-order valence-corrected chi connectivity index (χ0v) is 10.2. The summed E-state index contributed by atoms with van der Waals surface area (Å²) >= 11 is 7.48. The molecule has 0 saturated heterocycles. The Balaban J connectivity index is 2.12. The highest BCUT2D eigenvalue weighted by atomic mass is 35.5. The first-order valence-electron chi connectivity index (χ1n) is 5.25. The zero-order valence-electron chi connectivity index (χ0n) is 8.58. The van der Waals surface area contributed by atoms with E-state index in [-0.39, 0.29) is 12.0 Å². The minimum absolute atomic E-state index is 0.103. The SMILES string of the molecule is NCC(CO)(Cc1ccc(Cl)s1)C1CC1. The molecule has 1 atom stereocenters. The standard InChI is InChI=1S/C11H16ClNOS/c12-10-4-3-9(15-10)5-11(6-13,7-14)8-1-2-8/h3-4,8,14H,1-2,5-7,13H2. The summed E-state index contributed by atoms with van der Waals surface area (Å²) < 4.78 is 0.810. The molecule has 4 heteroatoms. The lowest BCUT2D eigenvalue weighted by Gasteiger charge is -2.30. The highest BCUT2D eigenvalue weighted by Gasteiger charge is 2.43. The fourth-order valence-corrected chi connectivity index (χ4v) is 3.36. The Labute approximate surface area is 99.1 Å². The smallest absolute Gasteiger partial charge is 0.0931 e. The molecule has 1 aliphatic rings. The van der Waals surface area contributed by atoms with Crippen LogP contribution < -0.4 is 5.73 Å². The molecule has 1 saturated carbocycles. The van der Waals surface area contributed by atoms with Gasteiger partial charge >= 0.3 is 0 Å². The summed E-state index contributed by atoms with van der Waals surface area (Å²) in [4.78, 5) is 1.23. The van der Waals surface area contributed by atoms with E-state index in [2.05, 4.69) is 0 Å². The first-order valence-corrected chi connectivity index (χ1v) is 6.45. The van der Waals surface area contributed by atoms with Gasteiger partial charge in [0.2, 0.25) is 0 Å². The molecule has 2 nitrogen and oxygen atoms in total. The van der Waals surface area contributed by atoms with Crippen molar-refractivity contribution in [1.29, 1.82) is 0 Å². The van der Waals surface area contributed by atoms with Crippen LogP contribution in [0.25, 0.3) is 0 Å². The highest BCUT2D eigenvalue weighted by Crippen LogP contribution is 2.47.